The first-order valence-electron chi connectivity index (χ1n) is 11.5. The van der Waals surface area contributed by atoms with Crippen molar-refractivity contribution < 1.29 is 16.8 Å². The highest BCUT2D eigenvalue weighted by molar-refractivity contribution is 7.96. The van der Waals surface area contributed by atoms with Crippen LogP contribution in [-0.4, -0.2) is 33.2 Å². The van der Waals surface area contributed by atoms with Gasteiger partial charge in [-0.15, -0.1) is 0 Å². The van der Waals surface area contributed by atoms with Crippen molar-refractivity contribution in [3.05, 3.63) is 125 Å². The Bertz CT molecular complexity index is 1660. The third kappa shape index (κ3) is 4.68. The molecule has 37 heavy (non-hydrogen) atoms. The predicted octanol–water partition coefficient (Wildman–Crippen LogP) is 5.52. The van der Waals surface area contributed by atoms with E-state index in [9.17, 15) is 16.8 Å². The lowest BCUT2D eigenvalue weighted by atomic mass is 10.1. The summed E-state index contributed by atoms with van der Waals surface area (Å²) >= 11 is 6.02. The number of hydrazone groups is 1. The van der Waals surface area contributed by atoms with E-state index in [0.717, 1.165) is 5.56 Å². The molecule has 2 atom stereocenters. The minimum absolute atomic E-state index is 0.0259. The van der Waals surface area contributed by atoms with E-state index >= 15 is 0 Å². The quantitative estimate of drug-likeness (QED) is 0.316. The Hall–Kier alpha value is -3.46. The number of aryl methyl sites for hydroxylation is 1. The summed E-state index contributed by atoms with van der Waals surface area (Å²) in [5.41, 5.74) is 2.03. The summed E-state index contributed by atoms with van der Waals surface area (Å²) in [6.07, 6.45) is 0. The van der Waals surface area contributed by atoms with Gasteiger partial charge in [0, 0.05) is 5.02 Å². The van der Waals surface area contributed by atoms with Gasteiger partial charge in [0.15, 0.2) is 15.2 Å². The van der Waals surface area contributed by atoms with Gasteiger partial charge in [0.25, 0.3) is 0 Å². The topological polar surface area (TPSA) is 83.9 Å². The van der Waals surface area contributed by atoms with Gasteiger partial charge in [-0.2, -0.15) is 5.10 Å². The van der Waals surface area contributed by atoms with Crippen molar-refractivity contribution in [3.8, 4) is 0 Å². The van der Waals surface area contributed by atoms with Crippen LogP contribution >= 0.6 is 11.6 Å². The van der Waals surface area contributed by atoms with E-state index in [1.54, 1.807) is 72.8 Å². The lowest BCUT2D eigenvalue weighted by Crippen LogP contribution is -2.48. The Kier molecular flexibility index (Phi) is 6.66. The standard InChI is InChI=1S/C28H23ClN2O4S2/c1-20-12-16-24(17-13-20)36(32,33)27-26(21-8-4-2-5-9-21)30-31(23-10-6-3-7-11-23)28(27)37(34,35)25-18-14-22(29)15-19-25/h2-19,27-28H,1H3/t27-,28+/m1/s1. The van der Waals surface area contributed by atoms with E-state index in [2.05, 4.69) is 5.10 Å². The van der Waals surface area contributed by atoms with Crippen molar-refractivity contribution in [1.82, 2.24) is 0 Å². The summed E-state index contributed by atoms with van der Waals surface area (Å²) in [5, 5.41) is 3.30. The van der Waals surface area contributed by atoms with Gasteiger partial charge in [0.1, 0.15) is 5.25 Å². The summed E-state index contributed by atoms with van der Waals surface area (Å²) in [5.74, 6) is 0. The summed E-state index contributed by atoms with van der Waals surface area (Å²) < 4.78 is 57.0. The fourth-order valence-electron chi connectivity index (χ4n) is 4.34. The first kappa shape index (κ1) is 25.2. The Morgan fingerprint density at radius 3 is 1.78 bits per heavy atom. The maximum Gasteiger partial charge on any atom is 0.203 e. The second-order valence-electron chi connectivity index (χ2n) is 8.70. The van der Waals surface area contributed by atoms with E-state index < -0.39 is 30.3 Å². The molecule has 0 spiro atoms. The molecule has 0 N–H and O–H groups in total. The van der Waals surface area contributed by atoms with Crippen molar-refractivity contribution in [3.63, 3.8) is 0 Å². The lowest BCUT2D eigenvalue weighted by Gasteiger charge is -2.28. The highest BCUT2D eigenvalue weighted by Gasteiger charge is 2.53. The van der Waals surface area contributed by atoms with Crippen LogP contribution in [0.15, 0.2) is 124 Å². The first-order chi connectivity index (χ1) is 17.7. The largest absolute Gasteiger partial charge is 0.245 e. The second-order valence-corrected chi connectivity index (χ2v) is 13.2. The van der Waals surface area contributed by atoms with Gasteiger partial charge in [-0.25, -0.2) is 21.8 Å². The number of halogens is 1. The van der Waals surface area contributed by atoms with Gasteiger partial charge in [-0.1, -0.05) is 77.8 Å². The Labute approximate surface area is 221 Å². The van der Waals surface area contributed by atoms with Crippen molar-refractivity contribution in [2.24, 2.45) is 5.10 Å². The van der Waals surface area contributed by atoms with Crippen LogP contribution in [0.5, 0.6) is 0 Å². The molecule has 4 aromatic carbocycles. The first-order valence-corrected chi connectivity index (χ1v) is 14.9. The number of nitrogens with zero attached hydrogens (tertiary/aromatic N) is 2. The molecule has 4 aromatic rings. The molecule has 0 saturated heterocycles. The summed E-state index contributed by atoms with van der Waals surface area (Å²) in [6.45, 7) is 1.85. The third-order valence-electron chi connectivity index (χ3n) is 6.22. The van der Waals surface area contributed by atoms with E-state index in [1.807, 2.05) is 6.92 Å². The van der Waals surface area contributed by atoms with Crippen molar-refractivity contribution >= 4 is 42.7 Å². The molecule has 0 bridgehead atoms. The molecule has 1 aliphatic rings. The molecule has 1 heterocycles. The van der Waals surface area contributed by atoms with Crippen molar-refractivity contribution in [2.45, 2.75) is 27.3 Å². The molecule has 0 aromatic heterocycles. The minimum Gasteiger partial charge on any atom is -0.245 e. The maximum absolute atomic E-state index is 14.3. The Morgan fingerprint density at radius 1 is 0.676 bits per heavy atom. The van der Waals surface area contributed by atoms with E-state index in [1.165, 1.54) is 41.4 Å². The number of rotatable bonds is 6. The fraction of sp³-hybridized carbons (Fsp3) is 0.107. The zero-order chi connectivity index (χ0) is 26.2. The van der Waals surface area contributed by atoms with Crippen molar-refractivity contribution in [2.75, 3.05) is 5.01 Å². The van der Waals surface area contributed by atoms with Crippen LogP contribution in [0.4, 0.5) is 5.69 Å². The summed E-state index contributed by atoms with van der Waals surface area (Å²) in [4.78, 5) is -0.0191. The molecule has 0 fully saturated rings. The highest BCUT2D eigenvalue weighted by atomic mass is 35.5. The van der Waals surface area contributed by atoms with Gasteiger partial charge in [-0.05, 0) is 61.0 Å². The number of hydrogen-bond donors (Lipinski definition) is 0. The third-order valence-corrected chi connectivity index (χ3v) is 10.8. The van der Waals surface area contributed by atoms with Crippen LogP contribution in [0.2, 0.25) is 5.02 Å². The minimum atomic E-state index is -4.27. The zero-order valence-electron chi connectivity index (χ0n) is 19.8. The lowest BCUT2D eigenvalue weighted by molar-refractivity contribution is 0.566. The van der Waals surface area contributed by atoms with Crippen LogP contribution in [0, 0.1) is 6.92 Å². The summed E-state index contributed by atoms with van der Waals surface area (Å²) in [7, 11) is -8.49. The molecule has 1 aliphatic heterocycles. The van der Waals surface area contributed by atoms with Gasteiger partial charge < -0.3 is 0 Å². The van der Waals surface area contributed by atoms with E-state index in [0.29, 0.717) is 16.3 Å². The predicted molar refractivity (Wildman–Crippen MR) is 146 cm³/mol. The molecular formula is C28H23ClN2O4S2. The number of sulfone groups is 2. The molecule has 0 saturated carbocycles. The van der Waals surface area contributed by atoms with Crippen LogP contribution < -0.4 is 5.01 Å². The molecule has 0 aliphatic carbocycles. The van der Waals surface area contributed by atoms with Gasteiger partial charge in [-0.3, -0.25) is 0 Å². The molecule has 9 heteroatoms. The average Bonchev–Trinajstić information content (AvgIpc) is 3.33. The molecule has 188 valence electrons. The number of hydrogen-bond acceptors (Lipinski definition) is 6. The average molecular weight is 551 g/mol. The monoisotopic (exact) mass is 550 g/mol. The summed E-state index contributed by atoms with van der Waals surface area (Å²) in [6, 6.07) is 29.6. The van der Waals surface area contributed by atoms with Crippen LogP contribution in [0.25, 0.3) is 0 Å². The van der Waals surface area contributed by atoms with E-state index in [4.69, 9.17) is 11.6 Å². The SMILES string of the molecule is Cc1ccc(S(=O)(=O)[C@@H]2C(c3ccccc3)=NN(c3ccccc3)[C@H]2S(=O)(=O)c2ccc(Cl)cc2)cc1. The van der Waals surface area contributed by atoms with Crippen LogP contribution in [-0.2, 0) is 19.7 Å². The van der Waals surface area contributed by atoms with Crippen LogP contribution in [0.3, 0.4) is 0 Å². The van der Waals surface area contributed by atoms with Gasteiger partial charge >= 0.3 is 0 Å². The molecule has 6 nitrogen and oxygen atoms in total. The zero-order valence-corrected chi connectivity index (χ0v) is 22.2. The number of benzene rings is 4. The number of anilines is 1. The van der Waals surface area contributed by atoms with E-state index in [-0.39, 0.29) is 15.5 Å². The maximum atomic E-state index is 14.3. The highest BCUT2D eigenvalue weighted by Crippen LogP contribution is 2.38. The molecule has 0 unspecified atom stereocenters. The second kappa shape index (κ2) is 9.78. The molecule has 0 radical (unpaired) electrons. The van der Waals surface area contributed by atoms with Gasteiger partial charge in [0.2, 0.25) is 9.84 Å². The normalized spacial score (nSPS) is 18.0. The Morgan fingerprint density at radius 2 is 1.19 bits per heavy atom. The molecular weight excluding hydrogens is 528 g/mol. The smallest absolute Gasteiger partial charge is 0.203 e. The molecule has 5 rings (SSSR count). The van der Waals surface area contributed by atoms with Gasteiger partial charge in [0.05, 0.1) is 21.2 Å². The van der Waals surface area contributed by atoms with Crippen LogP contribution in [0.1, 0.15) is 11.1 Å². The van der Waals surface area contributed by atoms with Crippen molar-refractivity contribution in [1.29, 1.82) is 0 Å². The Balaban J connectivity index is 1.78. The molecule has 0 amide bonds. The fourth-order valence-corrected chi connectivity index (χ4v) is 8.73. The number of para-hydroxylation sites is 1.